The van der Waals surface area contributed by atoms with E-state index in [0.29, 0.717) is 11.1 Å². The Bertz CT molecular complexity index is 389. The van der Waals surface area contributed by atoms with Gasteiger partial charge in [0.1, 0.15) is 0 Å². The summed E-state index contributed by atoms with van der Waals surface area (Å²) in [6.07, 6.45) is 0.548. The van der Waals surface area contributed by atoms with Gasteiger partial charge in [-0.15, -0.1) is 0 Å². The highest BCUT2D eigenvalue weighted by molar-refractivity contribution is 6.33. The topological polar surface area (TPSA) is 32.7 Å². The molecular formula is C13H18ClNO2. The van der Waals surface area contributed by atoms with Crippen LogP contribution in [-0.2, 0) is 4.74 Å². The first-order chi connectivity index (χ1) is 8.09. The molecule has 2 rings (SSSR count). The number of anilines is 1. The number of likely N-dealkylation sites (N-methyl/N-ethyl adjacent to an activating group) is 1. The van der Waals surface area contributed by atoms with Gasteiger partial charge in [-0.05, 0) is 31.0 Å². The van der Waals surface area contributed by atoms with Gasteiger partial charge in [0, 0.05) is 13.7 Å². The average molecular weight is 256 g/mol. The standard InChI is InChI=1S/C13H18ClNO2/c1-9(16)10-3-4-13(12(14)7-10)15(2)11-5-6-17-8-11/h3-4,7,9,11,16H,5-6,8H2,1-2H3. The van der Waals surface area contributed by atoms with Crippen LogP contribution in [0.5, 0.6) is 0 Å². The van der Waals surface area contributed by atoms with Crippen LogP contribution in [0.15, 0.2) is 18.2 Å². The molecule has 1 aromatic rings. The summed E-state index contributed by atoms with van der Waals surface area (Å²) in [5.74, 6) is 0. The lowest BCUT2D eigenvalue weighted by atomic mass is 10.1. The lowest BCUT2D eigenvalue weighted by Crippen LogP contribution is -2.31. The maximum absolute atomic E-state index is 9.50. The molecule has 2 unspecified atom stereocenters. The number of benzene rings is 1. The first-order valence-electron chi connectivity index (χ1n) is 5.87. The van der Waals surface area contributed by atoms with Crippen molar-refractivity contribution in [3.63, 3.8) is 0 Å². The molecule has 2 atom stereocenters. The van der Waals surface area contributed by atoms with Crippen molar-refractivity contribution in [2.24, 2.45) is 0 Å². The molecule has 0 aromatic heterocycles. The third-order valence-electron chi connectivity index (χ3n) is 3.29. The summed E-state index contributed by atoms with van der Waals surface area (Å²) in [4.78, 5) is 2.15. The van der Waals surface area contributed by atoms with Crippen LogP contribution in [0.25, 0.3) is 0 Å². The van der Waals surface area contributed by atoms with Crippen molar-refractivity contribution in [1.29, 1.82) is 0 Å². The molecule has 1 fully saturated rings. The molecule has 17 heavy (non-hydrogen) atoms. The summed E-state index contributed by atoms with van der Waals surface area (Å²) in [5.41, 5.74) is 1.83. The molecule has 0 saturated carbocycles. The Balaban J connectivity index is 2.20. The van der Waals surface area contributed by atoms with Gasteiger partial charge in [-0.1, -0.05) is 17.7 Å². The maximum atomic E-state index is 9.50. The number of hydrogen-bond acceptors (Lipinski definition) is 3. The molecule has 0 amide bonds. The predicted octanol–water partition coefficient (Wildman–Crippen LogP) is 2.62. The minimum Gasteiger partial charge on any atom is -0.389 e. The minimum absolute atomic E-state index is 0.393. The molecule has 1 saturated heterocycles. The van der Waals surface area contributed by atoms with Crippen molar-refractivity contribution in [3.8, 4) is 0 Å². The number of hydrogen-bond donors (Lipinski definition) is 1. The Hall–Kier alpha value is -0.770. The van der Waals surface area contributed by atoms with Crippen LogP contribution in [0.1, 0.15) is 25.0 Å². The average Bonchev–Trinajstić information content (AvgIpc) is 2.81. The molecule has 1 heterocycles. The van der Waals surface area contributed by atoms with Gasteiger partial charge in [-0.25, -0.2) is 0 Å². The molecule has 94 valence electrons. The number of nitrogens with zero attached hydrogens (tertiary/aromatic N) is 1. The van der Waals surface area contributed by atoms with Crippen molar-refractivity contribution in [3.05, 3.63) is 28.8 Å². The Morgan fingerprint density at radius 2 is 2.29 bits per heavy atom. The van der Waals surface area contributed by atoms with E-state index in [2.05, 4.69) is 4.90 Å². The minimum atomic E-state index is -0.485. The van der Waals surface area contributed by atoms with Crippen LogP contribution in [0.2, 0.25) is 5.02 Å². The fraction of sp³-hybridized carbons (Fsp3) is 0.538. The van der Waals surface area contributed by atoms with E-state index in [4.69, 9.17) is 16.3 Å². The van der Waals surface area contributed by atoms with E-state index in [9.17, 15) is 5.11 Å². The van der Waals surface area contributed by atoms with Crippen LogP contribution < -0.4 is 4.90 Å². The molecule has 4 heteroatoms. The summed E-state index contributed by atoms with van der Waals surface area (Å²) in [5, 5.41) is 10.2. The highest BCUT2D eigenvalue weighted by atomic mass is 35.5. The zero-order valence-corrected chi connectivity index (χ0v) is 10.9. The van der Waals surface area contributed by atoms with Gasteiger partial charge in [-0.2, -0.15) is 0 Å². The van der Waals surface area contributed by atoms with Gasteiger partial charge in [0.2, 0.25) is 0 Å². The third-order valence-corrected chi connectivity index (χ3v) is 3.59. The molecule has 0 aliphatic carbocycles. The van der Waals surface area contributed by atoms with E-state index >= 15 is 0 Å². The second kappa shape index (κ2) is 5.25. The summed E-state index contributed by atoms with van der Waals surface area (Å²) in [7, 11) is 2.03. The third kappa shape index (κ3) is 2.73. The van der Waals surface area contributed by atoms with Gasteiger partial charge in [0.05, 0.1) is 29.5 Å². The molecule has 1 aromatic carbocycles. The molecular weight excluding hydrogens is 238 g/mol. The highest BCUT2D eigenvalue weighted by Crippen LogP contribution is 2.30. The summed E-state index contributed by atoms with van der Waals surface area (Å²) >= 11 is 6.25. The van der Waals surface area contributed by atoms with Crippen LogP contribution in [-0.4, -0.2) is 31.4 Å². The lowest BCUT2D eigenvalue weighted by Gasteiger charge is -2.26. The van der Waals surface area contributed by atoms with Crippen LogP contribution in [0, 0.1) is 0 Å². The molecule has 0 spiro atoms. The number of aliphatic hydroxyl groups excluding tert-OH is 1. The van der Waals surface area contributed by atoms with Crippen molar-refractivity contribution in [2.75, 3.05) is 25.2 Å². The Labute approximate surface area is 107 Å². The van der Waals surface area contributed by atoms with Gasteiger partial charge < -0.3 is 14.7 Å². The Morgan fingerprint density at radius 3 is 2.82 bits per heavy atom. The SMILES string of the molecule is CC(O)c1ccc(N(C)C2CCOC2)c(Cl)c1. The van der Waals surface area contributed by atoms with E-state index in [1.54, 1.807) is 6.92 Å². The largest absolute Gasteiger partial charge is 0.389 e. The second-order valence-electron chi connectivity index (χ2n) is 4.52. The van der Waals surface area contributed by atoms with Gasteiger partial charge in [0.15, 0.2) is 0 Å². The van der Waals surface area contributed by atoms with E-state index in [1.165, 1.54) is 0 Å². The number of ether oxygens (including phenoxy) is 1. The molecule has 0 radical (unpaired) electrons. The summed E-state index contributed by atoms with van der Waals surface area (Å²) in [6, 6.07) is 6.10. The molecule has 0 bridgehead atoms. The fourth-order valence-corrected chi connectivity index (χ4v) is 2.42. The Morgan fingerprint density at radius 1 is 1.53 bits per heavy atom. The lowest BCUT2D eigenvalue weighted by molar-refractivity contribution is 0.193. The van der Waals surface area contributed by atoms with Crippen LogP contribution in [0.3, 0.4) is 0 Å². The van der Waals surface area contributed by atoms with Gasteiger partial charge >= 0.3 is 0 Å². The zero-order chi connectivity index (χ0) is 12.4. The smallest absolute Gasteiger partial charge is 0.0762 e. The Kier molecular flexibility index (Phi) is 3.92. The van der Waals surface area contributed by atoms with Gasteiger partial charge in [0.25, 0.3) is 0 Å². The first-order valence-corrected chi connectivity index (χ1v) is 6.25. The van der Waals surface area contributed by atoms with E-state index < -0.39 is 6.10 Å². The number of rotatable bonds is 3. The predicted molar refractivity (Wildman–Crippen MR) is 69.7 cm³/mol. The summed E-state index contributed by atoms with van der Waals surface area (Å²) < 4.78 is 5.38. The number of halogens is 1. The number of aliphatic hydroxyl groups is 1. The molecule has 1 aliphatic heterocycles. The van der Waals surface area contributed by atoms with Crippen molar-refractivity contribution in [1.82, 2.24) is 0 Å². The zero-order valence-electron chi connectivity index (χ0n) is 10.2. The van der Waals surface area contributed by atoms with Crippen molar-refractivity contribution >= 4 is 17.3 Å². The summed E-state index contributed by atoms with van der Waals surface area (Å²) in [6.45, 7) is 3.31. The second-order valence-corrected chi connectivity index (χ2v) is 4.92. The van der Waals surface area contributed by atoms with E-state index in [0.717, 1.165) is 30.9 Å². The van der Waals surface area contributed by atoms with Crippen LogP contribution in [0.4, 0.5) is 5.69 Å². The van der Waals surface area contributed by atoms with Gasteiger partial charge in [-0.3, -0.25) is 0 Å². The maximum Gasteiger partial charge on any atom is 0.0762 e. The molecule has 3 nitrogen and oxygen atoms in total. The molecule has 1 aliphatic rings. The fourth-order valence-electron chi connectivity index (χ4n) is 2.09. The quantitative estimate of drug-likeness (QED) is 0.901. The van der Waals surface area contributed by atoms with Crippen molar-refractivity contribution < 1.29 is 9.84 Å². The first kappa shape index (κ1) is 12.7. The monoisotopic (exact) mass is 255 g/mol. The molecule has 1 N–H and O–H groups in total. The van der Waals surface area contributed by atoms with Crippen molar-refractivity contribution in [2.45, 2.75) is 25.5 Å². The van der Waals surface area contributed by atoms with E-state index in [-0.39, 0.29) is 0 Å². The van der Waals surface area contributed by atoms with E-state index in [1.807, 2.05) is 25.2 Å². The highest BCUT2D eigenvalue weighted by Gasteiger charge is 2.22. The normalized spacial score (nSPS) is 21.5. The van der Waals surface area contributed by atoms with Crippen LogP contribution >= 0.6 is 11.6 Å².